The summed E-state index contributed by atoms with van der Waals surface area (Å²) >= 11 is 0. The first-order chi connectivity index (χ1) is 21.4. The van der Waals surface area contributed by atoms with E-state index < -0.39 is 0 Å². The predicted octanol–water partition coefficient (Wildman–Crippen LogP) is 9.35. The molecule has 1 aromatic heterocycles. The summed E-state index contributed by atoms with van der Waals surface area (Å²) in [5.74, 6) is 0. The Hall–Kier alpha value is -4.96. The number of rotatable bonds is 3. The van der Waals surface area contributed by atoms with E-state index in [2.05, 4.69) is 150 Å². The van der Waals surface area contributed by atoms with Crippen molar-refractivity contribution in [3.8, 4) is 16.8 Å². The van der Waals surface area contributed by atoms with Crippen molar-refractivity contribution in [1.29, 1.82) is 0 Å². The predicted molar refractivity (Wildman–Crippen MR) is 185 cm³/mol. The number of aliphatic imine (C=N–C) groups is 2. The van der Waals surface area contributed by atoms with Crippen LogP contribution >= 0.6 is 0 Å². The van der Waals surface area contributed by atoms with E-state index in [1.54, 1.807) is 6.34 Å². The third kappa shape index (κ3) is 3.28. The van der Waals surface area contributed by atoms with Gasteiger partial charge < -0.3 is 9.47 Å². The van der Waals surface area contributed by atoms with Crippen molar-refractivity contribution in [2.75, 3.05) is 11.4 Å². The molecule has 1 aliphatic carbocycles. The van der Waals surface area contributed by atoms with E-state index in [1.165, 1.54) is 60.9 Å². The first kappa shape index (κ1) is 25.5. The summed E-state index contributed by atoms with van der Waals surface area (Å²) in [6.07, 6.45) is 3.71. The standard InChI is InChI=1S/C40H34N4/c1-39(2)32-12-6-5-10-28(32)29-18-16-26(21-35(29)39)43(27-22-41-24-42-23-27)25-17-19-36-31(20-25)30-11-9-14-34-38(30)44(36)37-15-8-7-13-33(37)40(34,3)4/h5-22,24,27H,23H2,1-4H3. The molecule has 0 spiro atoms. The van der Waals surface area contributed by atoms with Crippen molar-refractivity contribution in [3.05, 3.63) is 125 Å². The summed E-state index contributed by atoms with van der Waals surface area (Å²) in [4.78, 5) is 11.5. The lowest BCUT2D eigenvalue weighted by Crippen LogP contribution is -2.36. The maximum Gasteiger partial charge on any atom is 0.109 e. The van der Waals surface area contributed by atoms with E-state index >= 15 is 0 Å². The molecular formula is C40H34N4. The Kier molecular flexibility index (Phi) is 5.10. The minimum atomic E-state index is -0.0826. The van der Waals surface area contributed by atoms with E-state index in [1.807, 2.05) is 6.21 Å². The molecular weight excluding hydrogens is 536 g/mol. The second-order valence-corrected chi connectivity index (χ2v) is 13.5. The summed E-state index contributed by atoms with van der Waals surface area (Å²) in [5, 5.41) is 2.56. The fraction of sp³-hybridized carbons (Fsp3) is 0.200. The Morgan fingerprint density at radius 3 is 2.20 bits per heavy atom. The van der Waals surface area contributed by atoms with E-state index in [0.29, 0.717) is 6.54 Å². The number of hydrogen-bond acceptors (Lipinski definition) is 3. The number of hydrogen-bond donors (Lipinski definition) is 0. The third-order valence-corrected chi connectivity index (χ3v) is 10.4. The summed E-state index contributed by atoms with van der Waals surface area (Å²) in [7, 11) is 0. The number of fused-ring (bicyclic) bond motifs is 8. The molecule has 9 rings (SSSR count). The van der Waals surface area contributed by atoms with Gasteiger partial charge in [0.1, 0.15) is 6.34 Å². The van der Waals surface area contributed by atoms with Crippen LogP contribution in [0.15, 0.2) is 113 Å². The highest BCUT2D eigenvalue weighted by Gasteiger charge is 2.37. The topological polar surface area (TPSA) is 32.9 Å². The molecule has 0 amide bonds. The number of aromatic nitrogens is 1. The van der Waals surface area contributed by atoms with Gasteiger partial charge in [0.2, 0.25) is 0 Å². The highest BCUT2D eigenvalue weighted by atomic mass is 15.2. The van der Waals surface area contributed by atoms with Crippen molar-refractivity contribution >= 4 is 45.7 Å². The molecule has 3 aliphatic rings. The van der Waals surface area contributed by atoms with E-state index in [-0.39, 0.29) is 16.9 Å². The lowest BCUT2D eigenvalue weighted by atomic mass is 9.75. The Morgan fingerprint density at radius 2 is 1.36 bits per heavy atom. The highest BCUT2D eigenvalue weighted by Crippen LogP contribution is 2.51. The van der Waals surface area contributed by atoms with Crippen LogP contribution in [0.25, 0.3) is 38.6 Å². The fourth-order valence-corrected chi connectivity index (χ4v) is 8.21. The van der Waals surface area contributed by atoms with Gasteiger partial charge in [-0.05, 0) is 69.8 Å². The van der Waals surface area contributed by atoms with E-state index in [0.717, 1.165) is 11.4 Å². The van der Waals surface area contributed by atoms with Crippen molar-refractivity contribution in [2.45, 2.75) is 44.6 Å². The first-order valence-electron chi connectivity index (χ1n) is 15.6. The molecule has 214 valence electrons. The second kappa shape index (κ2) is 8.79. The van der Waals surface area contributed by atoms with Crippen LogP contribution in [0.1, 0.15) is 49.9 Å². The van der Waals surface area contributed by atoms with Crippen LogP contribution in [0.3, 0.4) is 0 Å². The minimum absolute atomic E-state index is 0.0154. The Bertz CT molecular complexity index is 2230. The SMILES string of the molecule is CC1(C)c2ccccc2-c2ccc(N(c3ccc4c(c3)c3cccc5c3n4-c3ccccc3C5(C)C)C3C=NC=NC3)cc21. The van der Waals surface area contributed by atoms with Crippen LogP contribution in [0.4, 0.5) is 11.4 Å². The molecule has 1 atom stereocenters. The molecule has 0 saturated heterocycles. The zero-order valence-electron chi connectivity index (χ0n) is 25.5. The molecule has 4 nitrogen and oxygen atoms in total. The molecule has 1 unspecified atom stereocenters. The zero-order chi connectivity index (χ0) is 29.8. The third-order valence-electron chi connectivity index (χ3n) is 10.4. The van der Waals surface area contributed by atoms with Crippen LogP contribution in [-0.4, -0.2) is 29.7 Å². The number of nitrogens with zero attached hydrogens (tertiary/aromatic N) is 4. The molecule has 0 bridgehead atoms. The van der Waals surface area contributed by atoms with Gasteiger partial charge in [-0.2, -0.15) is 0 Å². The first-order valence-corrected chi connectivity index (χ1v) is 15.6. The van der Waals surface area contributed by atoms with Gasteiger partial charge >= 0.3 is 0 Å². The molecule has 0 radical (unpaired) electrons. The van der Waals surface area contributed by atoms with Crippen molar-refractivity contribution < 1.29 is 0 Å². The van der Waals surface area contributed by atoms with Crippen LogP contribution in [0.5, 0.6) is 0 Å². The van der Waals surface area contributed by atoms with E-state index in [4.69, 9.17) is 0 Å². The van der Waals surface area contributed by atoms with Crippen LogP contribution < -0.4 is 4.90 Å². The molecule has 6 aromatic rings. The number of anilines is 2. The summed E-state index contributed by atoms with van der Waals surface area (Å²) in [5.41, 5.74) is 14.1. The van der Waals surface area contributed by atoms with E-state index in [9.17, 15) is 0 Å². The second-order valence-electron chi connectivity index (χ2n) is 13.5. The molecule has 5 aromatic carbocycles. The lowest BCUT2D eigenvalue weighted by Gasteiger charge is -2.34. The van der Waals surface area contributed by atoms with Crippen LogP contribution in [0, 0.1) is 0 Å². The van der Waals surface area contributed by atoms with Gasteiger partial charge in [-0.1, -0.05) is 94.4 Å². The van der Waals surface area contributed by atoms with Gasteiger partial charge in [0.05, 0.1) is 29.3 Å². The zero-order valence-corrected chi connectivity index (χ0v) is 25.5. The molecule has 3 heterocycles. The summed E-state index contributed by atoms with van der Waals surface area (Å²) in [6, 6.07) is 38.5. The quantitative estimate of drug-likeness (QED) is 0.209. The maximum atomic E-state index is 4.59. The largest absolute Gasteiger partial charge is 0.331 e. The fourth-order valence-electron chi connectivity index (χ4n) is 8.21. The molecule has 4 heteroatoms. The molecule has 0 fully saturated rings. The smallest absolute Gasteiger partial charge is 0.109 e. The number of para-hydroxylation sites is 2. The van der Waals surface area contributed by atoms with Gasteiger partial charge in [0.25, 0.3) is 0 Å². The monoisotopic (exact) mass is 570 g/mol. The number of benzene rings is 5. The van der Waals surface area contributed by atoms with Crippen molar-refractivity contribution in [2.24, 2.45) is 9.98 Å². The molecule has 2 aliphatic heterocycles. The normalized spacial score (nSPS) is 18.3. The molecule has 0 saturated carbocycles. The van der Waals surface area contributed by atoms with Crippen LogP contribution in [0.2, 0.25) is 0 Å². The molecule has 44 heavy (non-hydrogen) atoms. The maximum absolute atomic E-state index is 4.59. The van der Waals surface area contributed by atoms with Crippen molar-refractivity contribution in [1.82, 2.24) is 4.57 Å². The van der Waals surface area contributed by atoms with Crippen LogP contribution in [-0.2, 0) is 10.8 Å². The highest BCUT2D eigenvalue weighted by molar-refractivity contribution is 6.12. The Balaban J connectivity index is 1.27. The molecule has 0 N–H and O–H groups in total. The average Bonchev–Trinajstić information content (AvgIpc) is 3.50. The summed E-state index contributed by atoms with van der Waals surface area (Å²) < 4.78 is 2.48. The van der Waals surface area contributed by atoms with Gasteiger partial charge in [0.15, 0.2) is 0 Å². The van der Waals surface area contributed by atoms with Gasteiger partial charge in [-0.25, -0.2) is 4.99 Å². The minimum Gasteiger partial charge on any atom is -0.331 e. The van der Waals surface area contributed by atoms with Gasteiger partial charge in [-0.3, -0.25) is 4.99 Å². The average molecular weight is 571 g/mol. The van der Waals surface area contributed by atoms with Crippen molar-refractivity contribution in [3.63, 3.8) is 0 Å². The Morgan fingerprint density at radius 1 is 0.659 bits per heavy atom. The van der Waals surface area contributed by atoms with Gasteiger partial charge in [-0.15, -0.1) is 0 Å². The van der Waals surface area contributed by atoms with Gasteiger partial charge in [0, 0.05) is 39.2 Å². The lowest BCUT2D eigenvalue weighted by molar-refractivity contribution is 0.630. The summed E-state index contributed by atoms with van der Waals surface area (Å²) in [6.45, 7) is 10.1. The Labute approximate surface area is 258 Å².